The number of amides is 1. The first-order valence-electron chi connectivity index (χ1n) is 5.34. The van der Waals surface area contributed by atoms with Crippen LogP contribution < -0.4 is 14.8 Å². The Morgan fingerprint density at radius 3 is 2.23 bits per heavy atom. The Morgan fingerprint density at radius 1 is 1.23 bits per heavy atom. The summed E-state index contributed by atoms with van der Waals surface area (Å²) in [6, 6.07) is 1.14. The molecule has 1 amide bonds. The Morgan fingerprint density at radius 2 is 1.82 bits per heavy atom. The summed E-state index contributed by atoms with van der Waals surface area (Å²) in [6.45, 7) is -3.31. The van der Waals surface area contributed by atoms with Gasteiger partial charge in [0.05, 0.1) is 18.4 Å². The fourth-order valence-corrected chi connectivity index (χ4v) is 1.38. The molecule has 2 N–H and O–H groups in total. The van der Waals surface area contributed by atoms with Gasteiger partial charge in [-0.3, -0.25) is 4.79 Å². The summed E-state index contributed by atoms with van der Waals surface area (Å²) in [5, 5.41) is 10.2. The van der Waals surface area contributed by atoms with E-state index in [2.05, 4.69) is 9.47 Å². The number of halogens is 5. The SMILES string of the molecule is COc1cc(NC(=O)C(F)(F)F)c(C(=O)O)cc1OC(F)F. The van der Waals surface area contributed by atoms with Crippen molar-refractivity contribution in [2.45, 2.75) is 12.8 Å². The van der Waals surface area contributed by atoms with Crippen molar-refractivity contribution in [3.05, 3.63) is 17.7 Å². The first-order chi connectivity index (χ1) is 10.1. The molecule has 1 aromatic carbocycles. The monoisotopic (exact) mass is 329 g/mol. The summed E-state index contributed by atoms with van der Waals surface area (Å²) in [4.78, 5) is 21.8. The number of anilines is 1. The molecule has 0 aliphatic carbocycles. The van der Waals surface area contributed by atoms with Crippen molar-refractivity contribution in [3.63, 3.8) is 0 Å². The van der Waals surface area contributed by atoms with Crippen molar-refractivity contribution < 1.29 is 46.1 Å². The second kappa shape index (κ2) is 6.45. The largest absolute Gasteiger partial charge is 0.493 e. The molecule has 11 heteroatoms. The average molecular weight is 329 g/mol. The van der Waals surface area contributed by atoms with Crippen molar-refractivity contribution in [2.24, 2.45) is 0 Å². The summed E-state index contributed by atoms with van der Waals surface area (Å²) in [7, 11) is 0.990. The van der Waals surface area contributed by atoms with Gasteiger partial charge in [0.1, 0.15) is 0 Å². The van der Waals surface area contributed by atoms with Crippen molar-refractivity contribution >= 4 is 17.6 Å². The van der Waals surface area contributed by atoms with Crippen LogP contribution in [0.3, 0.4) is 0 Å². The molecule has 0 radical (unpaired) electrons. The number of alkyl halides is 5. The van der Waals surface area contributed by atoms with Gasteiger partial charge in [-0.25, -0.2) is 4.79 Å². The Labute approximate surface area is 119 Å². The normalized spacial score (nSPS) is 11.2. The number of carbonyl (C=O) groups excluding carboxylic acids is 1. The standard InChI is InChI=1S/C11H8F5NO5/c1-21-6-3-5(17-9(20)11(14,15)16)4(8(18)19)2-7(6)22-10(12)13/h2-3,10H,1H3,(H,17,20)(H,18,19). The van der Waals surface area contributed by atoms with Crippen LogP contribution in [0.5, 0.6) is 11.5 Å². The molecule has 0 saturated carbocycles. The number of hydrogen-bond donors (Lipinski definition) is 2. The van der Waals surface area contributed by atoms with Gasteiger partial charge < -0.3 is 19.9 Å². The van der Waals surface area contributed by atoms with Crippen molar-refractivity contribution in [1.29, 1.82) is 0 Å². The molecule has 0 aliphatic heterocycles. The van der Waals surface area contributed by atoms with E-state index in [4.69, 9.17) is 5.11 Å². The topological polar surface area (TPSA) is 84.9 Å². The maximum Gasteiger partial charge on any atom is 0.471 e. The molecule has 0 aromatic heterocycles. The predicted octanol–water partition coefficient (Wildman–Crippen LogP) is 2.50. The van der Waals surface area contributed by atoms with E-state index in [1.165, 1.54) is 5.32 Å². The van der Waals surface area contributed by atoms with Gasteiger partial charge >= 0.3 is 24.7 Å². The highest BCUT2D eigenvalue weighted by Gasteiger charge is 2.39. The quantitative estimate of drug-likeness (QED) is 0.811. The number of nitrogens with one attached hydrogen (secondary N) is 1. The Balaban J connectivity index is 3.32. The Bertz CT molecular complexity index is 587. The average Bonchev–Trinajstić information content (AvgIpc) is 2.37. The summed E-state index contributed by atoms with van der Waals surface area (Å²) < 4.78 is 69.5. The van der Waals surface area contributed by atoms with E-state index >= 15 is 0 Å². The molecule has 122 valence electrons. The smallest absolute Gasteiger partial charge is 0.471 e. The van der Waals surface area contributed by atoms with Gasteiger partial charge in [0, 0.05) is 12.1 Å². The maximum atomic E-state index is 12.2. The highest BCUT2D eigenvalue weighted by molar-refractivity contribution is 6.03. The lowest BCUT2D eigenvalue weighted by molar-refractivity contribution is -0.167. The van der Waals surface area contributed by atoms with E-state index in [0.717, 1.165) is 7.11 Å². The van der Waals surface area contributed by atoms with Crippen LogP contribution in [-0.2, 0) is 4.79 Å². The first kappa shape index (κ1) is 17.5. The number of hydrogen-bond acceptors (Lipinski definition) is 4. The van der Waals surface area contributed by atoms with E-state index in [1.54, 1.807) is 0 Å². The van der Waals surface area contributed by atoms with Gasteiger partial charge in [0.2, 0.25) is 0 Å². The molecule has 1 rings (SSSR count). The molecule has 0 heterocycles. The predicted molar refractivity (Wildman–Crippen MR) is 61.3 cm³/mol. The lowest BCUT2D eigenvalue weighted by atomic mass is 10.1. The minimum atomic E-state index is -5.26. The van der Waals surface area contributed by atoms with E-state index in [9.17, 15) is 31.5 Å². The first-order valence-corrected chi connectivity index (χ1v) is 5.34. The van der Waals surface area contributed by atoms with E-state index in [0.29, 0.717) is 12.1 Å². The van der Waals surface area contributed by atoms with Crippen LogP contribution >= 0.6 is 0 Å². The minimum absolute atomic E-state index is 0.484. The van der Waals surface area contributed by atoms with Gasteiger partial charge in [-0.15, -0.1) is 0 Å². The zero-order valence-corrected chi connectivity index (χ0v) is 10.7. The fraction of sp³-hybridized carbons (Fsp3) is 0.273. The van der Waals surface area contributed by atoms with Crippen LogP contribution in [0.15, 0.2) is 12.1 Å². The Kier molecular flexibility index (Phi) is 5.12. The molecular formula is C11H8F5NO5. The third kappa shape index (κ3) is 4.20. The van der Waals surface area contributed by atoms with Crippen LogP contribution in [-0.4, -0.2) is 36.9 Å². The number of carboxylic acid groups (broad SMARTS) is 1. The second-order valence-electron chi connectivity index (χ2n) is 3.68. The molecule has 1 aromatic rings. The lowest BCUT2D eigenvalue weighted by Gasteiger charge is -2.15. The van der Waals surface area contributed by atoms with E-state index in [-0.39, 0.29) is 0 Å². The summed E-state index contributed by atoms with van der Waals surface area (Å²) in [5.74, 6) is -5.39. The van der Waals surface area contributed by atoms with Crippen LogP contribution in [0.25, 0.3) is 0 Å². The fourth-order valence-electron chi connectivity index (χ4n) is 1.38. The van der Waals surface area contributed by atoms with Gasteiger partial charge in [0.25, 0.3) is 0 Å². The molecule has 0 spiro atoms. The highest BCUT2D eigenvalue weighted by Crippen LogP contribution is 2.35. The lowest BCUT2D eigenvalue weighted by Crippen LogP contribution is -2.30. The van der Waals surface area contributed by atoms with Gasteiger partial charge in [0.15, 0.2) is 11.5 Å². The molecular weight excluding hydrogens is 321 g/mol. The van der Waals surface area contributed by atoms with Crippen LogP contribution in [0.1, 0.15) is 10.4 Å². The number of carbonyl (C=O) groups is 2. The maximum absolute atomic E-state index is 12.2. The number of ether oxygens (including phenoxy) is 2. The summed E-state index contributed by atoms with van der Waals surface area (Å²) in [6.07, 6.45) is -5.26. The zero-order chi connectivity index (χ0) is 17.1. The molecule has 0 unspecified atom stereocenters. The minimum Gasteiger partial charge on any atom is -0.493 e. The summed E-state index contributed by atoms with van der Waals surface area (Å²) in [5.41, 5.74) is -1.66. The van der Waals surface area contributed by atoms with Gasteiger partial charge in [-0.2, -0.15) is 22.0 Å². The molecule has 0 aliphatic rings. The van der Waals surface area contributed by atoms with Crippen molar-refractivity contribution in [3.8, 4) is 11.5 Å². The number of carboxylic acids is 1. The number of rotatable bonds is 5. The second-order valence-corrected chi connectivity index (χ2v) is 3.68. The zero-order valence-electron chi connectivity index (χ0n) is 10.7. The molecule has 6 nitrogen and oxygen atoms in total. The number of aromatic carboxylic acids is 1. The molecule has 0 fully saturated rings. The van der Waals surface area contributed by atoms with E-state index < -0.39 is 47.4 Å². The number of benzene rings is 1. The Hall–Kier alpha value is -2.59. The van der Waals surface area contributed by atoms with Crippen molar-refractivity contribution in [1.82, 2.24) is 0 Å². The summed E-state index contributed by atoms with van der Waals surface area (Å²) >= 11 is 0. The number of methoxy groups -OCH3 is 1. The van der Waals surface area contributed by atoms with Crippen LogP contribution in [0, 0.1) is 0 Å². The molecule has 0 atom stereocenters. The molecule has 22 heavy (non-hydrogen) atoms. The van der Waals surface area contributed by atoms with Gasteiger partial charge in [-0.05, 0) is 0 Å². The van der Waals surface area contributed by atoms with Crippen LogP contribution in [0.4, 0.5) is 27.6 Å². The molecule has 0 bridgehead atoms. The third-order valence-electron chi connectivity index (χ3n) is 2.26. The highest BCUT2D eigenvalue weighted by atomic mass is 19.4. The third-order valence-corrected chi connectivity index (χ3v) is 2.26. The van der Waals surface area contributed by atoms with Crippen molar-refractivity contribution in [2.75, 3.05) is 12.4 Å². The van der Waals surface area contributed by atoms with Gasteiger partial charge in [-0.1, -0.05) is 0 Å². The van der Waals surface area contributed by atoms with E-state index in [1.807, 2.05) is 0 Å². The van der Waals surface area contributed by atoms with Crippen LogP contribution in [0.2, 0.25) is 0 Å². The molecule has 0 saturated heterocycles.